The van der Waals surface area contributed by atoms with Crippen LogP contribution in [0.4, 0.5) is 4.79 Å². The summed E-state index contributed by atoms with van der Waals surface area (Å²) in [6.07, 6.45) is 7.69. The van der Waals surface area contributed by atoms with E-state index in [2.05, 4.69) is 39.8 Å². The van der Waals surface area contributed by atoms with Crippen molar-refractivity contribution >= 4 is 41.4 Å². The van der Waals surface area contributed by atoms with E-state index < -0.39 is 23.8 Å². The minimum Gasteiger partial charge on any atom is -0.444 e. The number of rotatable bonds is 10. The van der Waals surface area contributed by atoms with E-state index in [1.165, 1.54) is 54.3 Å². The number of amides is 3. The minimum absolute atomic E-state index is 0.0950. The van der Waals surface area contributed by atoms with Gasteiger partial charge in [0.15, 0.2) is 0 Å². The first kappa shape index (κ1) is 32.0. The number of thioether (sulfide) groups is 2. The molecule has 0 bridgehead atoms. The molecule has 2 saturated heterocycles. The smallest absolute Gasteiger partial charge is 0.411 e. The van der Waals surface area contributed by atoms with Crippen molar-refractivity contribution in [3.8, 4) is 0 Å². The van der Waals surface area contributed by atoms with E-state index >= 15 is 0 Å². The number of benzene rings is 1. The van der Waals surface area contributed by atoms with Crippen molar-refractivity contribution in [3.05, 3.63) is 35.9 Å². The van der Waals surface area contributed by atoms with Gasteiger partial charge >= 0.3 is 6.09 Å². The number of carbonyl (C=O) groups is 3. The van der Waals surface area contributed by atoms with Crippen LogP contribution in [0, 0.1) is 5.92 Å². The predicted octanol–water partition coefficient (Wildman–Crippen LogP) is 4.88. The van der Waals surface area contributed by atoms with Crippen molar-refractivity contribution in [2.75, 3.05) is 36.2 Å². The van der Waals surface area contributed by atoms with Crippen LogP contribution >= 0.6 is 23.5 Å². The first-order chi connectivity index (χ1) is 19.7. The van der Waals surface area contributed by atoms with E-state index in [-0.39, 0.29) is 17.9 Å². The van der Waals surface area contributed by atoms with Gasteiger partial charge in [0, 0.05) is 37.2 Å². The van der Waals surface area contributed by atoms with Gasteiger partial charge in [-0.1, -0.05) is 49.6 Å². The van der Waals surface area contributed by atoms with Crippen LogP contribution in [0.3, 0.4) is 0 Å². The molecule has 2 heterocycles. The summed E-state index contributed by atoms with van der Waals surface area (Å²) in [5.74, 6) is 2.74. The molecule has 0 spiro atoms. The van der Waals surface area contributed by atoms with Gasteiger partial charge in [-0.3, -0.25) is 19.4 Å². The normalized spacial score (nSPS) is 21.8. The third-order valence-electron chi connectivity index (χ3n) is 7.99. The van der Waals surface area contributed by atoms with Crippen LogP contribution in [-0.4, -0.2) is 87.7 Å². The van der Waals surface area contributed by atoms with Crippen molar-refractivity contribution in [3.63, 3.8) is 0 Å². The Bertz CT molecular complexity index is 992. The summed E-state index contributed by atoms with van der Waals surface area (Å²) in [6, 6.07) is 9.30. The maximum absolute atomic E-state index is 13.6. The summed E-state index contributed by atoms with van der Waals surface area (Å²) in [6.45, 7) is 8.23. The van der Waals surface area contributed by atoms with E-state index in [1.807, 2.05) is 26.8 Å². The van der Waals surface area contributed by atoms with E-state index in [1.54, 1.807) is 11.8 Å². The van der Waals surface area contributed by atoms with Crippen LogP contribution < -0.4 is 10.6 Å². The molecule has 1 saturated carbocycles. The van der Waals surface area contributed by atoms with Crippen LogP contribution in [0.1, 0.15) is 71.3 Å². The van der Waals surface area contributed by atoms with Gasteiger partial charge in [-0.15, -0.1) is 11.8 Å². The number of ether oxygens (including phenoxy) is 1. The lowest BCUT2D eigenvalue weighted by atomic mass is 9.91. The van der Waals surface area contributed by atoms with E-state index in [4.69, 9.17) is 4.74 Å². The molecule has 2 atom stereocenters. The van der Waals surface area contributed by atoms with Crippen molar-refractivity contribution in [1.82, 2.24) is 20.4 Å². The van der Waals surface area contributed by atoms with Crippen LogP contribution in [0.25, 0.3) is 0 Å². The van der Waals surface area contributed by atoms with Crippen LogP contribution in [0.15, 0.2) is 30.3 Å². The zero-order chi connectivity index (χ0) is 29.2. The molecule has 0 radical (unpaired) electrons. The van der Waals surface area contributed by atoms with Crippen LogP contribution in [-0.2, 0) is 20.9 Å². The summed E-state index contributed by atoms with van der Waals surface area (Å²) in [5, 5.41) is 6.28. The zero-order valence-corrected chi connectivity index (χ0v) is 26.6. The largest absolute Gasteiger partial charge is 0.444 e. The Labute approximate surface area is 254 Å². The van der Waals surface area contributed by atoms with Crippen molar-refractivity contribution in [2.45, 2.75) is 96.0 Å². The Morgan fingerprint density at radius 2 is 1.76 bits per heavy atom. The summed E-state index contributed by atoms with van der Waals surface area (Å²) in [7, 11) is 0. The first-order valence-corrected chi connectivity index (χ1v) is 17.5. The van der Waals surface area contributed by atoms with E-state index in [9.17, 15) is 14.4 Å². The number of nitrogens with one attached hydrogen (secondary N) is 2. The first-order valence-electron chi connectivity index (χ1n) is 15.2. The lowest BCUT2D eigenvalue weighted by molar-refractivity contribution is -0.131. The molecule has 4 rings (SSSR count). The molecule has 2 N–H and O–H groups in total. The van der Waals surface area contributed by atoms with Gasteiger partial charge in [-0.05, 0) is 63.7 Å². The molecule has 8 nitrogen and oxygen atoms in total. The zero-order valence-electron chi connectivity index (χ0n) is 24.9. The average molecular weight is 605 g/mol. The molecule has 1 aromatic carbocycles. The highest BCUT2D eigenvalue weighted by Gasteiger charge is 2.39. The number of piperidine rings is 1. The Morgan fingerprint density at radius 3 is 2.44 bits per heavy atom. The molecule has 1 aromatic rings. The highest BCUT2D eigenvalue weighted by atomic mass is 32.2. The highest BCUT2D eigenvalue weighted by Crippen LogP contribution is 2.27. The fourth-order valence-electron chi connectivity index (χ4n) is 5.70. The minimum atomic E-state index is -0.644. The fraction of sp³-hybridized carbons (Fsp3) is 0.710. The molecule has 0 aromatic heterocycles. The predicted molar refractivity (Wildman–Crippen MR) is 168 cm³/mol. The Hall–Kier alpha value is -1.91. The van der Waals surface area contributed by atoms with Gasteiger partial charge in [0.25, 0.3) is 0 Å². The van der Waals surface area contributed by atoms with E-state index in [0.29, 0.717) is 23.3 Å². The number of carbonyl (C=O) groups excluding carboxylic acids is 3. The summed E-state index contributed by atoms with van der Waals surface area (Å²) in [5.41, 5.74) is 0.665. The van der Waals surface area contributed by atoms with Gasteiger partial charge in [-0.2, -0.15) is 11.8 Å². The molecule has 1 aliphatic carbocycles. The third-order valence-corrected chi connectivity index (χ3v) is 10.3. The molecule has 0 unspecified atom stereocenters. The molecule has 3 fully saturated rings. The number of nitrogens with zero attached hydrogens (tertiary/aromatic N) is 2. The lowest BCUT2D eigenvalue weighted by Crippen LogP contribution is -2.57. The summed E-state index contributed by atoms with van der Waals surface area (Å²) in [4.78, 5) is 43.7. The van der Waals surface area contributed by atoms with Crippen molar-refractivity contribution < 1.29 is 19.1 Å². The van der Waals surface area contributed by atoms with Crippen molar-refractivity contribution in [1.29, 1.82) is 0 Å². The second-order valence-electron chi connectivity index (χ2n) is 12.6. The molecule has 10 heteroatoms. The average Bonchev–Trinajstić information content (AvgIpc) is 3.44. The lowest BCUT2D eigenvalue weighted by Gasteiger charge is -2.33. The molecule has 3 amide bonds. The molecule has 228 valence electrons. The van der Waals surface area contributed by atoms with Gasteiger partial charge in [0.05, 0.1) is 5.88 Å². The molecule has 41 heavy (non-hydrogen) atoms. The summed E-state index contributed by atoms with van der Waals surface area (Å²) < 4.78 is 5.54. The Balaban J connectivity index is 1.32. The molecule has 2 aliphatic heterocycles. The Morgan fingerprint density at radius 1 is 1.05 bits per heavy atom. The van der Waals surface area contributed by atoms with E-state index in [0.717, 1.165) is 38.2 Å². The van der Waals surface area contributed by atoms with Gasteiger partial charge in [-0.25, -0.2) is 4.79 Å². The summed E-state index contributed by atoms with van der Waals surface area (Å²) >= 11 is 3.29. The number of likely N-dealkylation sites (tertiary alicyclic amines) is 1. The van der Waals surface area contributed by atoms with Gasteiger partial charge in [0.2, 0.25) is 11.8 Å². The second-order valence-corrected chi connectivity index (χ2v) is 14.7. The highest BCUT2D eigenvalue weighted by molar-refractivity contribution is 7.99. The number of hydrogen-bond acceptors (Lipinski definition) is 7. The maximum Gasteiger partial charge on any atom is 0.411 e. The van der Waals surface area contributed by atoms with Gasteiger partial charge < -0.3 is 15.4 Å². The monoisotopic (exact) mass is 604 g/mol. The van der Waals surface area contributed by atoms with Crippen LogP contribution in [0.2, 0.25) is 0 Å². The molecular weight excluding hydrogens is 556 g/mol. The van der Waals surface area contributed by atoms with Crippen LogP contribution in [0.5, 0.6) is 0 Å². The Kier molecular flexibility index (Phi) is 12.1. The fourth-order valence-corrected chi connectivity index (χ4v) is 8.11. The SMILES string of the molecule is CC(C)(C)OC(=O)N1CSC[C@@H]1C(=O)N[C@@H](CSCC1CCCCC1)C(=O)NC1CCN(Cc2ccccc2)CC1. The number of hydrogen-bond donors (Lipinski definition) is 2. The van der Waals surface area contributed by atoms with Crippen molar-refractivity contribution in [2.24, 2.45) is 5.92 Å². The topological polar surface area (TPSA) is 91.0 Å². The quantitative estimate of drug-likeness (QED) is 0.394. The molecular formula is C31H48N4O4S2. The standard InChI is InChI=1S/C31H48N4O4S2/c1-31(2,3)39-30(38)35-22-41-21-27(35)29(37)33-26(20-40-19-24-12-8-5-9-13-24)28(36)32-25-14-16-34(17-15-25)18-23-10-6-4-7-11-23/h4,6-7,10-11,24-27H,5,8-9,12-22H2,1-3H3,(H,32,36)(H,33,37)/t26-,27+/m0/s1. The third kappa shape index (κ3) is 10.4. The maximum atomic E-state index is 13.6. The second kappa shape index (κ2) is 15.5. The molecule has 3 aliphatic rings. The van der Waals surface area contributed by atoms with Gasteiger partial charge in [0.1, 0.15) is 17.7 Å².